The van der Waals surface area contributed by atoms with E-state index in [2.05, 4.69) is 0 Å². The quantitative estimate of drug-likeness (QED) is 0.861. The third-order valence-corrected chi connectivity index (χ3v) is 5.91. The van der Waals surface area contributed by atoms with Gasteiger partial charge in [0.2, 0.25) is 0 Å². The molecule has 4 rings (SSSR count). The van der Waals surface area contributed by atoms with Gasteiger partial charge in [0, 0.05) is 22.7 Å². The van der Waals surface area contributed by atoms with Crippen molar-refractivity contribution in [2.45, 2.75) is 50.1 Å². The molecule has 2 aromatic rings. The normalized spacial score (nSPS) is 26.3. The topological polar surface area (TPSA) is 59.5 Å². The first kappa shape index (κ1) is 16.7. The maximum Gasteiger partial charge on any atom is 0.289 e. The van der Waals surface area contributed by atoms with Gasteiger partial charge in [-0.1, -0.05) is 24.4 Å². The van der Waals surface area contributed by atoms with Crippen molar-refractivity contribution in [3.63, 3.8) is 0 Å². The summed E-state index contributed by atoms with van der Waals surface area (Å²) >= 11 is 5.93. The molecule has 5 heteroatoms. The number of halogens is 1. The Morgan fingerprint density at radius 3 is 2.68 bits per heavy atom. The summed E-state index contributed by atoms with van der Waals surface area (Å²) in [5.41, 5.74) is 7.33. The zero-order valence-corrected chi connectivity index (χ0v) is 15.0. The lowest BCUT2D eigenvalue weighted by atomic mass is 9.72. The molecule has 1 saturated heterocycles. The van der Waals surface area contributed by atoms with E-state index in [4.69, 9.17) is 21.8 Å². The third kappa shape index (κ3) is 3.09. The van der Waals surface area contributed by atoms with Gasteiger partial charge in [-0.05, 0) is 62.1 Å². The van der Waals surface area contributed by atoms with E-state index in [0.29, 0.717) is 16.5 Å². The summed E-state index contributed by atoms with van der Waals surface area (Å²) in [6, 6.07) is 11.2. The van der Waals surface area contributed by atoms with Gasteiger partial charge in [-0.3, -0.25) is 4.79 Å². The van der Waals surface area contributed by atoms with Crippen molar-refractivity contribution in [3.05, 3.63) is 47.2 Å². The Hall–Kier alpha value is -1.78. The number of carbonyl (C=O) groups excluding carboxylic acids is 1. The third-order valence-electron chi connectivity index (χ3n) is 5.66. The van der Waals surface area contributed by atoms with Gasteiger partial charge in [0.15, 0.2) is 5.76 Å². The molecule has 2 aliphatic rings. The van der Waals surface area contributed by atoms with Gasteiger partial charge < -0.3 is 15.1 Å². The molecule has 1 aromatic heterocycles. The molecule has 2 heterocycles. The van der Waals surface area contributed by atoms with E-state index in [9.17, 15) is 4.79 Å². The van der Waals surface area contributed by atoms with E-state index in [1.54, 1.807) is 6.07 Å². The molecule has 2 N–H and O–H groups in total. The zero-order chi connectivity index (χ0) is 17.4. The highest BCUT2D eigenvalue weighted by molar-refractivity contribution is 6.30. The largest absolute Gasteiger partial charge is 0.451 e. The molecule has 2 fully saturated rings. The molecule has 1 amide bonds. The van der Waals surface area contributed by atoms with Crippen LogP contribution in [0.1, 0.15) is 49.1 Å². The molecule has 0 bridgehead atoms. The molecule has 1 unspecified atom stereocenters. The van der Waals surface area contributed by atoms with Crippen LogP contribution in [0.2, 0.25) is 5.02 Å². The van der Waals surface area contributed by atoms with Crippen LogP contribution in [0, 0.1) is 0 Å². The predicted molar refractivity (Wildman–Crippen MR) is 98.6 cm³/mol. The van der Waals surface area contributed by atoms with Crippen LogP contribution in [0.25, 0.3) is 11.3 Å². The summed E-state index contributed by atoms with van der Waals surface area (Å²) in [5, 5.41) is 0.677. The minimum atomic E-state index is -0.224. The highest BCUT2D eigenvalue weighted by atomic mass is 35.5. The van der Waals surface area contributed by atoms with Crippen molar-refractivity contribution >= 4 is 17.5 Å². The molecule has 0 spiro atoms. The molecule has 132 valence electrons. The van der Waals surface area contributed by atoms with E-state index in [1.807, 2.05) is 35.2 Å². The lowest BCUT2D eigenvalue weighted by Crippen LogP contribution is -2.64. The van der Waals surface area contributed by atoms with Crippen molar-refractivity contribution in [2.75, 3.05) is 6.54 Å². The maximum atomic E-state index is 13.1. The monoisotopic (exact) mass is 358 g/mol. The fraction of sp³-hybridized carbons (Fsp3) is 0.450. The maximum absolute atomic E-state index is 13.1. The number of furan rings is 1. The molecule has 1 aromatic carbocycles. The van der Waals surface area contributed by atoms with Crippen LogP contribution in [-0.4, -0.2) is 28.9 Å². The molecular formula is C20H23ClN2O2. The van der Waals surface area contributed by atoms with Crippen molar-refractivity contribution in [2.24, 2.45) is 5.73 Å². The average Bonchev–Trinajstić information content (AvgIpc) is 3.10. The molecule has 25 heavy (non-hydrogen) atoms. The van der Waals surface area contributed by atoms with Crippen LogP contribution >= 0.6 is 11.6 Å². The lowest BCUT2D eigenvalue weighted by molar-refractivity contribution is 0.0262. The van der Waals surface area contributed by atoms with Crippen molar-refractivity contribution in [1.29, 1.82) is 0 Å². The number of carbonyl (C=O) groups is 1. The number of rotatable bonds is 2. The number of fused-ring (bicyclic) bond motifs is 1. The van der Waals surface area contributed by atoms with E-state index >= 15 is 0 Å². The number of nitrogens with zero attached hydrogens (tertiary/aromatic N) is 1. The number of likely N-dealkylation sites (tertiary alicyclic amines) is 1. The van der Waals surface area contributed by atoms with E-state index in [-0.39, 0.29) is 17.5 Å². The van der Waals surface area contributed by atoms with E-state index in [1.165, 1.54) is 0 Å². The Labute approximate surface area is 152 Å². The number of hydrogen-bond acceptors (Lipinski definition) is 3. The van der Waals surface area contributed by atoms with Gasteiger partial charge in [-0.25, -0.2) is 0 Å². The zero-order valence-electron chi connectivity index (χ0n) is 14.2. The molecular weight excluding hydrogens is 336 g/mol. The van der Waals surface area contributed by atoms with Gasteiger partial charge in [-0.2, -0.15) is 0 Å². The molecule has 1 aliphatic heterocycles. The standard InChI is InChI=1S/C20H23ClN2O2/c21-15-7-5-14(6-8-15)16-9-10-17(25-16)19(24)23-13-3-12-20(22)11-2-1-4-18(20)23/h5-10,18H,1-4,11-13,22H2/t18?,20-/m0/s1. The average molecular weight is 359 g/mol. The first-order chi connectivity index (χ1) is 12.1. The Kier molecular flexibility index (Phi) is 4.34. The molecule has 2 atom stereocenters. The number of nitrogens with two attached hydrogens (primary N) is 1. The highest BCUT2D eigenvalue weighted by Gasteiger charge is 2.45. The Bertz CT molecular complexity index is 766. The fourth-order valence-corrected chi connectivity index (χ4v) is 4.47. The summed E-state index contributed by atoms with van der Waals surface area (Å²) in [6.45, 7) is 0.763. The van der Waals surface area contributed by atoms with Crippen molar-refractivity contribution < 1.29 is 9.21 Å². The Morgan fingerprint density at radius 1 is 1.12 bits per heavy atom. The number of piperidine rings is 1. The van der Waals surface area contributed by atoms with Gasteiger partial charge in [0.1, 0.15) is 5.76 Å². The van der Waals surface area contributed by atoms with Gasteiger partial charge >= 0.3 is 0 Å². The summed E-state index contributed by atoms with van der Waals surface area (Å²) in [7, 11) is 0. The summed E-state index contributed by atoms with van der Waals surface area (Å²) in [5.74, 6) is 1.03. The number of benzene rings is 1. The second-order valence-corrected chi connectivity index (χ2v) is 7.70. The van der Waals surface area contributed by atoms with Gasteiger partial charge in [0.25, 0.3) is 5.91 Å². The minimum absolute atomic E-state index is 0.0401. The first-order valence-corrected chi connectivity index (χ1v) is 9.40. The lowest BCUT2D eigenvalue weighted by Gasteiger charge is -2.50. The second kappa shape index (κ2) is 6.50. The van der Waals surface area contributed by atoms with Crippen molar-refractivity contribution in [3.8, 4) is 11.3 Å². The molecule has 1 aliphatic carbocycles. The predicted octanol–water partition coefficient (Wildman–Crippen LogP) is 4.48. The van der Waals surface area contributed by atoms with Gasteiger partial charge in [-0.15, -0.1) is 0 Å². The molecule has 0 radical (unpaired) electrons. The van der Waals surface area contributed by atoms with Crippen LogP contribution in [0.3, 0.4) is 0 Å². The van der Waals surface area contributed by atoms with Crippen LogP contribution in [0.5, 0.6) is 0 Å². The summed E-state index contributed by atoms with van der Waals surface area (Å²) < 4.78 is 5.86. The van der Waals surface area contributed by atoms with Crippen LogP contribution in [0.4, 0.5) is 0 Å². The minimum Gasteiger partial charge on any atom is -0.451 e. The SMILES string of the molecule is N[C@]12CCCCC1N(C(=O)c1ccc(-c3ccc(Cl)cc3)o1)CCC2. The molecule has 1 saturated carbocycles. The van der Waals surface area contributed by atoms with E-state index < -0.39 is 0 Å². The smallest absolute Gasteiger partial charge is 0.289 e. The van der Waals surface area contributed by atoms with Crippen LogP contribution < -0.4 is 5.73 Å². The van der Waals surface area contributed by atoms with Crippen LogP contribution in [0.15, 0.2) is 40.8 Å². The Morgan fingerprint density at radius 2 is 1.88 bits per heavy atom. The second-order valence-electron chi connectivity index (χ2n) is 7.27. The van der Waals surface area contributed by atoms with Crippen molar-refractivity contribution in [1.82, 2.24) is 4.90 Å². The fourth-order valence-electron chi connectivity index (χ4n) is 4.34. The number of amides is 1. The summed E-state index contributed by atoms with van der Waals surface area (Å²) in [6.07, 6.45) is 6.28. The van der Waals surface area contributed by atoms with Crippen LogP contribution in [-0.2, 0) is 0 Å². The summed E-state index contributed by atoms with van der Waals surface area (Å²) in [4.78, 5) is 15.0. The Balaban J connectivity index is 1.57. The van der Waals surface area contributed by atoms with E-state index in [0.717, 1.165) is 50.6 Å². The highest BCUT2D eigenvalue weighted by Crippen LogP contribution is 2.38. The molecule has 4 nitrogen and oxygen atoms in total. The first-order valence-electron chi connectivity index (χ1n) is 9.02. The van der Waals surface area contributed by atoms with Gasteiger partial charge in [0.05, 0.1) is 6.04 Å². The number of hydrogen-bond donors (Lipinski definition) is 1.